The van der Waals surface area contributed by atoms with Gasteiger partial charge < -0.3 is 24.3 Å². The molecule has 1 saturated heterocycles. The zero-order chi connectivity index (χ0) is 20.8. The second kappa shape index (κ2) is 9.27. The van der Waals surface area contributed by atoms with Crippen molar-refractivity contribution in [1.29, 1.82) is 0 Å². The third kappa shape index (κ3) is 5.26. The normalized spacial score (nSPS) is 23.6. The summed E-state index contributed by atoms with van der Waals surface area (Å²) in [6.45, 7) is 3.46. The summed E-state index contributed by atoms with van der Waals surface area (Å²) < 4.78 is 23.1. The van der Waals surface area contributed by atoms with Crippen LogP contribution in [0.2, 0.25) is 0 Å². The number of hydrogen-bond donors (Lipinski definition) is 1. The third-order valence-electron chi connectivity index (χ3n) is 3.95. The molecule has 2 rings (SSSR count). The predicted octanol–water partition coefficient (Wildman–Crippen LogP) is -0.342. The Bertz CT molecular complexity index is 766. The summed E-state index contributed by atoms with van der Waals surface area (Å²) in [5.74, 6) is -2.06. The average Bonchev–Trinajstić information content (AvgIpc) is 2.95. The van der Waals surface area contributed by atoms with Crippen LogP contribution in [-0.2, 0) is 33.3 Å². The Morgan fingerprint density at radius 1 is 1.07 bits per heavy atom. The van der Waals surface area contributed by atoms with Crippen molar-refractivity contribution < 1.29 is 42.7 Å². The van der Waals surface area contributed by atoms with E-state index < -0.39 is 42.4 Å². The average molecular weight is 395 g/mol. The van der Waals surface area contributed by atoms with Gasteiger partial charge in [-0.1, -0.05) is 0 Å². The second-order valence-electron chi connectivity index (χ2n) is 6.13. The Labute approximate surface area is 161 Å². The smallest absolute Gasteiger partial charge is 0.304 e. The topological polar surface area (TPSA) is 121 Å². The molecule has 0 unspecified atom stereocenters. The first-order valence-electron chi connectivity index (χ1n) is 8.59. The molecular weight excluding hydrogens is 372 g/mol. The molecule has 0 aliphatic carbocycles. The molecule has 1 fully saturated rings. The van der Waals surface area contributed by atoms with E-state index in [-0.39, 0.29) is 12.5 Å². The molecule has 0 bridgehead atoms. The van der Waals surface area contributed by atoms with Gasteiger partial charge in [0.25, 0.3) is 5.91 Å². The summed E-state index contributed by atoms with van der Waals surface area (Å²) in [6.07, 6.45) is -0.642. The molecule has 1 aromatic rings. The molecule has 0 radical (unpaired) electrons. The van der Waals surface area contributed by atoms with Crippen LogP contribution < -0.4 is 9.88 Å². The minimum Gasteiger partial charge on any atom is -0.463 e. The van der Waals surface area contributed by atoms with Crippen molar-refractivity contribution in [3.63, 3.8) is 0 Å². The largest absolute Gasteiger partial charge is 0.463 e. The minimum atomic E-state index is -1.01. The molecule has 1 aliphatic rings. The Morgan fingerprint density at radius 2 is 1.71 bits per heavy atom. The van der Waals surface area contributed by atoms with Crippen LogP contribution in [0.1, 0.15) is 37.4 Å². The van der Waals surface area contributed by atoms with Gasteiger partial charge in [0.05, 0.1) is 0 Å². The molecule has 0 spiro atoms. The summed E-state index contributed by atoms with van der Waals surface area (Å²) in [5, 5.41) is 2.51. The lowest BCUT2D eigenvalue weighted by Gasteiger charge is -2.21. The predicted molar refractivity (Wildman–Crippen MR) is 91.7 cm³/mol. The van der Waals surface area contributed by atoms with Crippen LogP contribution in [0.15, 0.2) is 24.5 Å². The summed E-state index contributed by atoms with van der Waals surface area (Å²) in [5.41, 5.74) is 0.350. The number of amides is 1. The SMILES string of the molecule is CNC(=O)c1ccc[n+]([C@@H]2O[C@H](COC(C)=O)[C@H](OC(C)=O)[C@@H]2OC(C)=O)c1. The maximum absolute atomic E-state index is 11.9. The van der Waals surface area contributed by atoms with E-state index in [9.17, 15) is 19.2 Å². The van der Waals surface area contributed by atoms with Crippen molar-refractivity contribution >= 4 is 23.8 Å². The van der Waals surface area contributed by atoms with Crippen molar-refractivity contribution in [3.05, 3.63) is 30.1 Å². The Morgan fingerprint density at radius 3 is 2.29 bits per heavy atom. The molecule has 0 saturated carbocycles. The van der Waals surface area contributed by atoms with E-state index in [4.69, 9.17) is 18.9 Å². The number of ether oxygens (including phenoxy) is 4. The number of esters is 3. The van der Waals surface area contributed by atoms with E-state index >= 15 is 0 Å². The first-order valence-corrected chi connectivity index (χ1v) is 8.59. The van der Waals surface area contributed by atoms with Gasteiger partial charge in [-0.25, -0.2) is 0 Å². The van der Waals surface area contributed by atoms with Crippen molar-refractivity contribution in [2.24, 2.45) is 0 Å². The molecule has 10 heteroatoms. The Balaban J connectivity index is 2.39. The van der Waals surface area contributed by atoms with Gasteiger partial charge >= 0.3 is 24.1 Å². The monoisotopic (exact) mass is 395 g/mol. The summed E-state index contributed by atoms with van der Waals surface area (Å²) in [6, 6.07) is 3.23. The highest BCUT2D eigenvalue weighted by atomic mass is 16.7. The van der Waals surface area contributed by atoms with Crippen LogP contribution in [-0.4, -0.2) is 55.8 Å². The lowest BCUT2D eigenvalue weighted by atomic mass is 10.1. The maximum atomic E-state index is 11.9. The molecule has 1 aliphatic heterocycles. The maximum Gasteiger partial charge on any atom is 0.304 e. The van der Waals surface area contributed by atoms with E-state index in [0.717, 1.165) is 0 Å². The first-order chi connectivity index (χ1) is 13.2. The standard InChI is InChI=1S/C18H22N2O8/c1-10(21)25-9-14-15(26-11(2)22)16(27-12(3)23)18(28-14)20-7-5-6-13(8-20)17(24)19-4/h5-8,14-16,18H,9H2,1-4H3/p+1/t14-,15+,16+,18-/m1/s1. The van der Waals surface area contributed by atoms with Gasteiger partial charge in [-0.2, -0.15) is 4.57 Å². The second-order valence-corrected chi connectivity index (χ2v) is 6.13. The van der Waals surface area contributed by atoms with Gasteiger partial charge in [0, 0.05) is 33.9 Å². The van der Waals surface area contributed by atoms with Crippen LogP contribution >= 0.6 is 0 Å². The molecule has 152 valence electrons. The van der Waals surface area contributed by atoms with Gasteiger partial charge in [0.1, 0.15) is 18.3 Å². The highest BCUT2D eigenvalue weighted by Crippen LogP contribution is 2.31. The number of nitrogens with one attached hydrogen (secondary N) is 1. The van der Waals surface area contributed by atoms with Crippen molar-refractivity contribution in [2.75, 3.05) is 13.7 Å². The molecule has 2 heterocycles. The fourth-order valence-electron chi connectivity index (χ4n) is 2.86. The van der Waals surface area contributed by atoms with Gasteiger partial charge in [-0.3, -0.25) is 19.2 Å². The number of rotatable bonds is 6. The fraction of sp³-hybridized carbons (Fsp3) is 0.500. The third-order valence-corrected chi connectivity index (χ3v) is 3.95. The number of pyridine rings is 1. The number of hydrogen-bond acceptors (Lipinski definition) is 8. The van der Waals surface area contributed by atoms with Gasteiger partial charge in [-0.05, 0) is 6.07 Å². The zero-order valence-electron chi connectivity index (χ0n) is 16.0. The van der Waals surface area contributed by atoms with Crippen LogP contribution in [0.3, 0.4) is 0 Å². The molecule has 1 aromatic heterocycles. The van der Waals surface area contributed by atoms with E-state index in [1.165, 1.54) is 38.6 Å². The number of nitrogens with zero attached hydrogens (tertiary/aromatic N) is 1. The van der Waals surface area contributed by atoms with Crippen molar-refractivity contribution in [2.45, 2.75) is 45.3 Å². The summed E-state index contributed by atoms with van der Waals surface area (Å²) in [7, 11) is 1.50. The lowest BCUT2D eigenvalue weighted by molar-refractivity contribution is -0.765. The first kappa shape index (κ1) is 21.3. The van der Waals surface area contributed by atoms with Gasteiger partial charge in [-0.15, -0.1) is 0 Å². The molecular formula is C18H23N2O8+. The fourth-order valence-corrected chi connectivity index (χ4v) is 2.86. The quantitative estimate of drug-likeness (QED) is 0.394. The van der Waals surface area contributed by atoms with E-state index in [2.05, 4.69) is 5.32 Å². The zero-order valence-corrected chi connectivity index (χ0v) is 16.0. The molecule has 4 atom stereocenters. The summed E-state index contributed by atoms with van der Waals surface area (Å²) >= 11 is 0. The van der Waals surface area contributed by atoms with E-state index in [1.54, 1.807) is 18.3 Å². The lowest BCUT2D eigenvalue weighted by Crippen LogP contribution is -2.48. The van der Waals surface area contributed by atoms with Crippen molar-refractivity contribution in [1.82, 2.24) is 5.32 Å². The van der Waals surface area contributed by atoms with E-state index in [0.29, 0.717) is 5.56 Å². The molecule has 0 aromatic carbocycles. The van der Waals surface area contributed by atoms with Gasteiger partial charge in [0.2, 0.25) is 6.10 Å². The number of aromatic nitrogens is 1. The Hall–Kier alpha value is -3.01. The van der Waals surface area contributed by atoms with Crippen LogP contribution in [0, 0.1) is 0 Å². The molecule has 28 heavy (non-hydrogen) atoms. The molecule has 10 nitrogen and oxygen atoms in total. The van der Waals surface area contributed by atoms with Crippen LogP contribution in [0.4, 0.5) is 0 Å². The van der Waals surface area contributed by atoms with E-state index in [1.807, 2.05) is 0 Å². The minimum absolute atomic E-state index is 0.197. The summed E-state index contributed by atoms with van der Waals surface area (Å²) in [4.78, 5) is 46.3. The molecule has 1 N–H and O–H groups in total. The van der Waals surface area contributed by atoms with Gasteiger partial charge in [0.15, 0.2) is 18.5 Å². The number of carbonyl (C=O) groups is 4. The molecule has 1 amide bonds. The highest BCUT2D eigenvalue weighted by molar-refractivity contribution is 5.93. The van der Waals surface area contributed by atoms with Crippen molar-refractivity contribution in [3.8, 4) is 0 Å². The van der Waals surface area contributed by atoms with Crippen LogP contribution in [0.25, 0.3) is 0 Å². The van der Waals surface area contributed by atoms with Crippen LogP contribution in [0.5, 0.6) is 0 Å². The Kier molecular flexibility index (Phi) is 7.05. The number of carbonyl (C=O) groups excluding carboxylic acids is 4. The highest BCUT2D eigenvalue weighted by Gasteiger charge is 2.54.